The summed E-state index contributed by atoms with van der Waals surface area (Å²) < 4.78 is 16.2. The summed E-state index contributed by atoms with van der Waals surface area (Å²) in [4.78, 5) is 17.5. The van der Waals surface area contributed by atoms with E-state index in [1.165, 1.54) is 7.11 Å². The van der Waals surface area contributed by atoms with Crippen LogP contribution in [0.1, 0.15) is 5.56 Å². The largest absolute Gasteiger partial charge is 0.492 e. The van der Waals surface area contributed by atoms with Crippen LogP contribution in [0.3, 0.4) is 0 Å². The highest BCUT2D eigenvalue weighted by Gasteiger charge is 2.15. The Bertz CT molecular complexity index is 861. The number of methoxy groups -OCH3 is 1. The number of aromatic nitrogens is 1. The molecule has 1 unspecified atom stereocenters. The highest BCUT2D eigenvalue weighted by atomic mass is 79.9. The number of benzene rings is 2. The molecule has 0 radical (unpaired) electrons. The molecular formula is C20H21BrN2O4. The number of alkyl halides is 1. The number of ether oxygens (including phenoxy) is 2. The SMILES string of the molecule is COC(=O)C(Br)Cc1ccc(OCCN(C)c2nc3ccccc3o2)cc1. The minimum Gasteiger partial charge on any atom is -0.492 e. The van der Waals surface area contributed by atoms with Crippen molar-refractivity contribution in [1.29, 1.82) is 0 Å². The fourth-order valence-electron chi connectivity index (χ4n) is 2.56. The van der Waals surface area contributed by atoms with Gasteiger partial charge in [0, 0.05) is 7.05 Å². The smallest absolute Gasteiger partial charge is 0.319 e. The summed E-state index contributed by atoms with van der Waals surface area (Å²) >= 11 is 3.33. The van der Waals surface area contributed by atoms with Gasteiger partial charge < -0.3 is 18.8 Å². The number of oxazole rings is 1. The molecule has 142 valence electrons. The number of rotatable bonds is 8. The predicted octanol–water partition coefficient (Wildman–Crippen LogP) is 3.82. The summed E-state index contributed by atoms with van der Waals surface area (Å²) in [5.74, 6) is 0.492. The highest BCUT2D eigenvalue weighted by molar-refractivity contribution is 9.10. The number of para-hydroxylation sites is 2. The summed E-state index contributed by atoms with van der Waals surface area (Å²) in [6, 6.07) is 15.9. The van der Waals surface area contributed by atoms with E-state index in [2.05, 4.69) is 20.9 Å². The Morgan fingerprint density at radius 2 is 1.96 bits per heavy atom. The number of fused-ring (bicyclic) bond motifs is 1. The van der Waals surface area contributed by atoms with Gasteiger partial charge in [-0.2, -0.15) is 4.98 Å². The van der Waals surface area contributed by atoms with Gasteiger partial charge in [0.1, 0.15) is 22.7 Å². The summed E-state index contributed by atoms with van der Waals surface area (Å²) in [5, 5.41) is 0. The molecule has 0 aliphatic rings. The maximum atomic E-state index is 11.5. The first-order valence-corrected chi connectivity index (χ1v) is 9.48. The molecule has 0 bridgehead atoms. The van der Waals surface area contributed by atoms with Gasteiger partial charge in [-0.05, 0) is 36.2 Å². The van der Waals surface area contributed by atoms with Crippen molar-refractivity contribution < 1.29 is 18.7 Å². The normalized spacial score (nSPS) is 12.0. The fraction of sp³-hybridized carbons (Fsp3) is 0.300. The number of likely N-dealkylation sites (N-methyl/N-ethyl adjacent to an activating group) is 1. The summed E-state index contributed by atoms with van der Waals surface area (Å²) in [6.07, 6.45) is 0.563. The van der Waals surface area contributed by atoms with Gasteiger partial charge in [0.15, 0.2) is 5.58 Å². The first-order chi connectivity index (χ1) is 13.1. The van der Waals surface area contributed by atoms with Crippen molar-refractivity contribution in [2.45, 2.75) is 11.2 Å². The number of hydrogen-bond donors (Lipinski definition) is 0. The van der Waals surface area contributed by atoms with Crippen LogP contribution in [0.4, 0.5) is 6.01 Å². The number of hydrogen-bond acceptors (Lipinski definition) is 6. The van der Waals surface area contributed by atoms with E-state index in [0.717, 1.165) is 22.4 Å². The van der Waals surface area contributed by atoms with E-state index in [0.29, 0.717) is 25.6 Å². The standard InChI is InChI=1S/C20H21BrN2O4/c1-23(20-22-17-5-3-4-6-18(17)27-20)11-12-26-15-9-7-14(8-10-15)13-16(21)19(24)25-2/h3-10,16H,11-13H2,1-2H3. The van der Waals surface area contributed by atoms with Crippen LogP contribution in [-0.4, -0.2) is 43.1 Å². The van der Waals surface area contributed by atoms with Crippen molar-refractivity contribution in [3.63, 3.8) is 0 Å². The molecule has 1 atom stereocenters. The summed E-state index contributed by atoms with van der Waals surface area (Å²) in [7, 11) is 3.30. The molecular weight excluding hydrogens is 412 g/mol. The number of nitrogens with zero attached hydrogens (tertiary/aromatic N) is 2. The summed E-state index contributed by atoms with van der Waals surface area (Å²) in [6.45, 7) is 1.14. The lowest BCUT2D eigenvalue weighted by Crippen LogP contribution is -2.24. The molecule has 7 heteroatoms. The number of carbonyl (C=O) groups is 1. The molecule has 1 heterocycles. The molecule has 2 aromatic carbocycles. The van der Waals surface area contributed by atoms with Crippen LogP contribution in [0, 0.1) is 0 Å². The van der Waals surface area contributed by atoms with Gasteiger partial charge in [0.25, 0.3) is 6.01 Å². The first kappa shape index (κ1) is 19.2. The average Bonchev–Trinajstić information content (AvgIpc) is 3.13. The van der Waals surface area contributed by atoms with E-state index in [1.54, 1.807) is 0 Å². The molecule has 6 nitrogen and oxygen atoms in total. The molecule has 0 saturated heterocycles. The molecule has 0 spiro atoms. The Morgan fingerprint density at radius 1 is 1.22 bits per heavy atom. The van der Waals surface area contributed by atoms with Crippen molar-refractivity contribution >= 4 is 39.0 Å². The summed E-state index contributed by atoms with van der Waals surface area (Å²) in [5.41, 5.74) is 2.64. The molecule has 0 amide bonds. The van der Waals surface area contributed by atoms with Gasteiger partial charge in [0.05, 0.1) is 13.7 Å². The fourth-order valence-corrected chi connectivity index (χ4v) is 3.12. The molecule has 27 heavy (non-hydrogen) atoms. The molecule has 0 aliphatic heterocycles. The third-order valence-electron chi connectivity index (χ3n) is 4.10. The highest BCUT2D eigenvalue weighted by Crippen LogP contribution is 2.21. The number of halogens is 1. The Balaban J connectivity index is 1.49. The Morgan fingerprint density at radius 3 is 2.67 bits per heavy atom. The monoisotopic (exact) mass is 432 g/mol. The van der Waals surface area contributed by atoms with Crippen LogP contribution in [0.15, 0.2) is 52.9 Å². The van der Waals surface area contributed by atoms with E-state index in [-0.39, 0.29) is 10.8 Å². The maximum Gasteiger partial charge on any atom is 0.319 e. The molecule has 3 rings (SSSR count). The van der Waals surface area contributed by atoms with E-state index in [1.807, 2.05) is 60.5 Å². The van der Waals surface area contributed by atoms with Gasteiger partial charge in [-0.15, -0.1) is 0 Å². The van der Waals surface area contributed by atoms with Gasteiger partial charge >= 0.3 is 5.97 Å². The van der Waals surface area contributed by atoms with Gasteiger partial charge in [-0.25, -0.2) is 0 Å². The lowest BCUT2D eigenvalue weighted by atomic mass is 10.1. The number of anilines is 1. The molecule has 3 aromatic rings. The van der Waals surface area contributed by atoms with Crippen LogP contribution in [0.25, 0.3) is 11.1 Å². The third-order valence-corrected chi connectivity index (χ3v) is 4.80. The predicted molar refractivity (Wildman–Crippen MR) is 108 cm³/mol. The average molecular weight is 433 g/mol. The zero-order chi connectivity index (χ0) is 19.2. The van der Waals surface area contributed by atoms with Crippen molar-refractivity contribution in [1.82, 2.24) is 4.98 Å². The topological polar surface area (TPSA) is 64.8 Å². The van der Waals surface area contributed by atoms with Crippen LogP contribution in [0.5, 0.6) is 5.75 Å². The van der Waals surface area contributed by atoms with E-state index >= 15 is 0 Å². The number of carbonyl (C=O) groups excluding carboxylic acids is 1. The van der Waals surface area contributed by atoms with Gasteiger partial charge in [-0.1, -0.05) is 40.2 Å². The van der Waals surface area contributed by atoms with Crippen LogP contribution >= 0.6 is 15.9 Å². The third kappa shape index (κ3) is 5.01. The quantitative estimate of drug-likeness (QED) is 0.398. The van der Waals surface area contributed by atoms with E-state index in [4.69, 9.17) is 13.9 Å². The zero-order valence-electron chi connectivity index (χ0n) is 15.2. The zero-order valence-corrected chi connectivity index (χ0v) is 16.8. The van der Waals surface area contributed by atoms with Crippen molar-refractivity contribution in [2.75, 3.05) is 32.2 Å². The molecule has 1 aromatic heterocycles. The second-order valence-electron chi connectivity index (χ2n) is 6.07. The first-order valence-electron chi connectivity index (χ1n) is 8.57. The Kier molecular flexibility index (Phi) is 6.34. The molecule has 0 aliphatic carbocycles. The minimum absolute atomic E-state index is 0.280. The van der Waals surface area contributed by atoms with Crippen LogP contribution in [0.2, 0.25) is 0 Å². The molecule has 0 saturated carbocycles. The number of esters is 1. The van der Waals surface area contributed by atoms with Crippen molar-refractivity contribution in [3.8, 4) is 5.75 Å². The Labute approximate surface area is 166 Å². The van der Waals surface area contributed by atoms with Crippen molar-refractivity contribution in [2.24, 2.45) is 0 Å². The lowest BCUT2D eigenvalue weighted by Gasteiger charge is -2.15. The van der Waals surface area contributed by atoms with E-state index < -0.39 is 0 Å². The van der Waals surface area contributed by atoms with Crippen LogP contribution < -0.4 is 9.64 Å². The van der Waals surface area contributed by atoms with Crippen molar-refractivity contribution in [3.05, 3.63) is 54.1 Å². The van der Waals surface area contributed by atoms with E-state index in [9.17, 15) is 4.79 Å². The second-order valence-corrected chi connectivity index (χ2v) is 7.18. The minimum atomic E-state index is -0.348. The van der Waals surface area contributed by atoms with Gasteiger partial charge in [0.2, 0.25) is 0 Å². The molecule has 0 N–H and O–H groups in total. The van der Waals surface area contributed by atoms with Gasteiger partial charge in [-0.3, -0.25) is 4.79 Å². The maximum absolute atomic E-state index is 11.5. The Hall–Kier alpha value is -2.54. The molecule has 0 fully saturated rings. The van der Waals surface area contributed by atoms with Crippen LogP contribution in [-0.2, 0) is 16.0 Å². The second kappa shape index (κ2) is 8.90. The lowest BCUT2D eigenvalue weighted by molar-refractivity contribution is -0.139.